The molecule has 4 nitrogen and oxygen atoms in total. The van der Waals surface area contributed by atoms with Crippen LogP contribution in [0.1, 0.15) is 37.5 Å². The van der Waals surface area contributed by atoms with Crippen LogP contribution in [0.2, 0.25) is 0 Å². The Morgan fingerprint density at radius 2 is 2.21 bits per heavy atom. The quantitative estimate of drug-likeness (QED) is 0.937. The fraction of sp³-hybridized carbons (Fsp3) is 0.571. The molecule has 1 N–H and O–H groups in total. The van der Waals surface area contributed by atoms with Crippen LogP contribution in [0.15, 0.2) is 10.9 Å². The molecule has 0 saturated heterocycles. The number of thiophene rings is 1. The van der Waals surface area contributed by atoms with Crippen molar-refractivity contribution in [2.24, 2.45) is 0 Å². The van der Waals surface area contributed by atoms with Gasteiger partial charge in [-0.15, -0.1) is 11.3 Å². The van der Waals surface area contributed by atoms with Crippen molar-refractivity contribution in [3.63, 3.8) is 0 Å². The summed E-state index contributed by atoms with van der Waals surface area (Å²) < 4.78 is 2.53. The van der Waals surface area contributed by atoms with E-state index < -0.39 is 0 Å². The summed E-state index contributed by atoms with van der Waals surface area (Å²) in [7, 11) is 0. The monoisotopic (exact) mass is 277 g/mol. The Bertz CT molecular complexity index is 652. The van der Waals surface area contributed by atoms with Gasteiger partial charge in [0, 0.05) is 17.5 Å². The van der Waals surface area contributed by atoms with E-state index in [4.69, 9.17) is 0 Å². The fourth-order valence-corrected chi connectivity index (χ4v) is 3.69. The van der Waals surface area contributed by atoms with Crippen LogP contribution < -0.4 is 10.9 Å². The van der Waals surface area contributed by atoms with Gasteiger partial charge >= 0.3 is 0 Å². The summed E-state index contributed by atoms with van der Waals surface area (Å²) in [5, 5.41) is 3.46. The first kappa shape index (κ1) is 12.7. The second-order valence-electron chi connectivity index (χ2n) is 5.18. The van der Waals surface area contributed by atoms with E-state index in [1.54, 1.807) is 4.57 Å². The van der Waals surface area contributed by atoms with Gasteiger partial charge in [0.2, 0.25) is 5.95 Å². The molecule has 1 aliphatic rings. The smallest absolute Gasteiger partial charge is 0.272 e. The Morgan fingerprint density at radius 1 is 1.47 bits per heavy atom. The molecule has 102 valence electrons. The molecular weight excluding hydrogens is 258 g/mol. The molecule has 1 aliphatic carbocycles. The molecule has 0 aliphatic heterocycles. The van der Waals surface area contributed by atoms with Crippen molar-refractivity contribution in [1.82, 2.24) is 9.55 Å². The van der Waals surface area contributed by atoms with E-state index in [0.29, 0.717) is 12.6 Å². The molecule has 0 unspecified atom stereocenters. The summed E-state index contributed by atoms with van der Waals surface area (Å²) in [6.45, 7) is 4.68. The first-order valence-corrected chi connectivity index (χ1v) is 7.78. The first-order valence-electron chi connectivity index (χ1n) is 6.96. The van der Waals surface area contributed by atoms with Gasteiger partial charge < -0.3 is 5.32 Å². The van der Waals surface area contributed by atoms with Gasteiger partial charge in [-0.05, 0) is 32.8 Å². The molecule has 2 aromatic rings. The lowest BCUT2D eigenvalue weighted by Gasteiger charge is -2.16. The fourth-order valence-electron chi connectivity index (χ4n) is 2.79. The molecule has 0 spiro atoms. The van der Waals surface area contributed by atoms with Crippen molar-refractivity contribution in [2.45, 2.75) is 52.1 Å². The summed E-state index contributed by atoms with van der Waals surface area (Å²) in [6, 6.07) is 2.48. The zero-order chi connectivity index (χ0) is 13.4. The predicted octanol–water partition coefficient (Wildman–Crippen LogP) is 3.14. The number of hydrogen-bond donors (Lipinski definition) is 1. The summed E-state index contributed by atoms with van der Waals surface area (Å²) >= 11 is 1.54. The summed E-state index contributed by atoms with van der Waals surface area (Å²) in [5.41, 5.74) is 0.920. The molecule has 0 amide bonds. The van der Waals surface area contributed by atoms with E-state index in [0.717, 1.165) is 21.0 Å². The van der Waals surface area contributed by atoms with Crippen LogP contribution in [0, 0.1) is 6.92 Å². The summed E-state index contributed by atoms with van der Waals surface area (Å²) in [6.07, 6.45) is 4.90. The third-order valence-corrected chi connectivity index (χ3v) is 4.79. The van der Waals surface area contributed by atoms with Crippen molar-refractivity contribution in [3.8, 4) is 0 Å². The predicted molar refractivity (Wildman–Crippen MR) is 80.2 cm³/mol. The molecule has 0 radical (unpaired) electrons. The second-order valence-corrected chi connectivity index (χ2v) is 6.44. The highest BCUT2D eigenvalue weighted by molar-refractivity contribution is 7.18. The van der Waals surface area contributed by atoms with Crippen LogP contribution in [-0.4, -0.2) is 15.6 Å². The average Bonchev–Trinajstić information content (AvgIpc) is 2.99. The Morgan fingerprint density at radius 3 is 2.89 bits per heavy atom. The number of rotatable bonds is 3. The first-order chi connectivity index (χ1) is 9.19. The number of nitrogens with zero attached hydrogens (tertiary/aromatic N) is 2. The normalized spacial score (nSPS) is 16.3. The zero-order valence-corrected chi connectivity index (χ0v) is 12.2. The van der Waals surface area contributed by atoms with E-state index in [9.17, 15) is 4.79 Å². The number of fused-ring (bicyclic) bond motifs is 1. The highest BCUT2D eigenvalue weighted by Gasteiger charge is 2.18. The average molecular weight is 277 g/mol. The maximum Gasteiger partial charge on any atom is 0.272 e. The van der Waals surface area contributed by atoms with Gasteiger partial charge in [-0.1, -0.05) is 12.8 Å². The highest BCUT2D eigenvalue weighted by atomic mass is 32.1. The molecule has 0 bridgehead atoms. The molecule has 1 fully saturated rings. The lowest BCUT2D eigenvalue weighted by molar-refractivity contribution is 0.683. The van der Waals surface area contributed by atoms with Crippen LogP contribution in [-0.2, 0) is 6.54 Å². The van der Waals surface area contributed by atoms with Crippen molar-refractivity contribution < 1.29 is 0 Å². The minimum atomic E-state index is 0.0890. The maximum absolute atomic E-state index is 12.5. The molecule has 1 saturated carbocycles. The lowest BCUT2D eigenvalue weighted by atomic mass is 10.2. The Balaban J connectivity index is 2.08. The minimum Gasteiger partial charge on any atom is -0.353 e. The minimum absolute atomic E-state index is 0.0890. The number of aromatic nitrogens is 2. The summed E-state index contributed by atoms with van der Waals surface area (Å²) in [5.74, 6) is 0.740. The highest BCUT2D eigenvalue weighted by Crippen LogP contribution is 2.24. The molecule has 0 atom stereocenters. The van der Waals surface area contributed by atoms with Crippen LogP contribution in [0.4, 0.5) is 5.95 Å². The van der Waals surface area contributed by atoms with Gasteiger partial charge in [-0.25, -0.2) is 4.98 Å². The SMILES string of the molecule is CCn1c(NC2CCCC2)nc2cc(C)sc2c1=O. The molecule has 19 heavy (non-hydrogen) atoms. The second kappa shape index (κ2) is 4.96. The van der Waals surface area contributed by atoms with Gasteiger partial charge in [0.05, 0.1) is 5.52 Å². The van der Waals surface area contributed by atoms with Crippen molar-refractivity contribution >= 4 is 27.5 Å². The topological polar surface area (TPSA) is 46.9 Å². The molecular formula is C14H19N3OS. The third-order valence-electron chi connectivity index (χ3n) is 3.76. The van der Waals surface area contributed by atoms with Crippen molar-refractivity contribution in [1.29, 1.82) is 0 Å². The van der Waals surface area contributed by atoms with Crippen LogP contribution >= 0.6 is 11.3 Å². The van der Waals surface area contributed by atoms with Gasteiger partial charge in [0.1, 0.15) is 4.70 Å². The van der Waals surface area contributed by atoms with Gasteiger partial charge in [-0.2, -0.15) is 0 Å². The van der Waals surface area contributed by atoms with Gasteiger partial charge in [0.25, 0.3) is 5.56 Å². The summed E-state index contributed by atoms with van der Waals surface area (Å²) in [4.78, 5) is 18.3. The van der Waals surface area contributed by atoms with Gasteiger partial charge in [-0.3, -0.25) is 9.36 Å². The zero-order valence-electron chi connectivity index (χ0n) is 11.4. The Kier molecular flexibility index (Phi) is 3.31. The molecule has 0 aromatic carbocycles. The van der Waals surface area contributed by atoms with E-state index in [1.807, 2.05) is 19.9 Å². The molecule has 2 heterocycles. The van der Waals surface area contributed by atoms with Gasteiger partial charge in [0.15, 0.2) is 0 Å². The van der Waals surface area contributed by atoms with E-state index >= 15 is 0 Å². The number of hydrogen-bond acceptors (Lipinski definition) is 4. The Hall–Kier alpha value is -1.36. The number of nitrogens with one attached hydrogen (secondary N) is 1. The molecule has 5 heteroatoms. The number of aryl methyl sites for hydroxylation is 1. The van der Waals surface area contributed by atoms with Crippen LogP contribution in [0.5, 0.6) is 0 Å². The van der Waals surface area contributed by atoms with E-state index in [1.165, 1.54) is 37.0 Å². The number of anilines is 1. The standard InChI is InChI=1S/C14H19N3OS/c1-3-17-13(18)12-11(8-9(2)19-12)16-14(17)15-10-6-4-5-7-10/h8,10H,3-7H2,1-2H3,(H,15,16). The van der Waals surface area contributed by atoms with Crippen molar-refractivity contribution in [3.05, 3.63) is 21.3 Å². The van der Waals surface area contributed by atoms with Crippen LogP contribution in [0.3, 0.4) is 0 Å². The lowest BCUT2D eigenvalue weighted by Crippen LogP contribution is -2.27. The molecule has 2 aromatic heterocycles. The Labute approximate surface area is 116 Å². The van der Waals surface area contributed by atoms with E-state index in [-0.39, 0.29) is 5.56 Å². The largest absolute Gasteiger partial charge is 0.353 e. The van der Waals surface area contributed by atoms with E-state index in [2.05, 4.69) is 10.3 Å². The van der Waals surface area contributed by atoms with Crippen LogP contribution in [0.25, 0.3) is 10.2 Å². The third kappa shape index (κ3) is 2.27. The van der Waals surface area contributed by atoms with Crippen molar-refractivity contribution in [2.75, 3.05) is 5.32 Å². The molecule has 3 rings (SSSR count). The maximum atomic E-state index is 12.5.